The van der Waals surface area contributed by atoms with E-state index < -0.39 is 5.97 Å². The molecule has 0 heterocycles. The molecule has 2 N–H and O–H groups in total. The molecule has 0 aliphatic heterocycles. The van der Waals surface area contributed by atoms with Gasteiger partial charge in [-0.15, -0.1) is 0 Å². The Morgan fingerprint density at radius 1 is 1.09 bits per heavy atom. The van der Waals surface area contributed by atoms with Crippen LogP contribution in [0, 0.1) is 0 Å². The first-order chi connectivity index (χ1) is 11.0. The maximum absolute atomic E-state index is 12.5. The fraction of sp³-hybridized carbons (Fsp3) is 0.471. The average Bonchev–Trinajstić information content (AvgIpc) is 2.52. The highest BCUT2D eigenvalue weighted by Gasteiger charge is 2.15. The molecule has 0 radical (unpaired) electrons. The van der Waals surface area contributed by atoms with Gasteiger partial charge in [0.2, 0.25) is 5.91 Å². The monoisotopic (exact) mass is 320 g/mol. The van der Waals surface area contributed by atoms with Crippen LogP contribution in [0.25, 0.3) is 0 Å². The minimum atomic E-state index is -1.01. The lowest BCUT2D eigenvalue weighted by atomic mass is 10.1. The summed E-state index contributed by atoms with van der Waals surface area (Å²) in [5, 5.41) is 11.2. The van der Waals surface area contributed by atoms with Crippen molar-refractivity contribution in [3.8, 4) is 0 Å². The Morgan fingerprint density at radius 3 is 2.30 bits per heavy atom. The predicted molar refractivity (Wildman–Crippen MR) is 88.4 cm³/mol. The Hall–Kier alpha value is -2.37. The normalized spacial score (nSPS) is 10.2. The van der Waals surface area contributed by atoms with Crippen molar-refractivity contribution < 1.29 is 19.5 Å². The first-order valence-electron chi connectivity index (χ1n) is 7.88. The van der Waals surface area contributed by atoms with Crippen LogP contribution >= 0.6 is 0 Å². The summed E-state index contributed by atoms with van der Waals surface area (Å²) >= 11 is 0. The highest BCUT2D eigenvalue weighted by molar-refractivity contribution is 5.97. The topological polar surface area (TPSA) is 86.7 Å². The highest BCUT2D eigenvalue weighted by Crippen LogP contribution is 2.14. The lowest BCUT2D eigenvalue weighted by molar-refractivity contribution is -0.138. The van der Waals surface area contributed by atoms with Gasteiger partial charge in [0.05, 0.1) is 6.42 Å². The molecular formula is C17H24N2O4. The molecule has 6 nitrogen and oxygen atoms in total. The molecule has 0 fully saturated rings. The molecule has 1 aromatic carbocycles. The van der Waals surface area contributed by atoms with Crippen LogP contribution in [0.2, 0.25) is 0 Å². The molecule has 0 bridgehead atoms. The molecule has 0 saturated heterocycles. The van der Waals surface area contributed by atoms with Crippen molar-refractivity contribution in [1.82, 2.24) is 4.90 Å². The number of anilines is 1. The smallest absolute Gasteiger partial charge is 0.303 e. The zero-order chi connectivity index (χ0) is 17.2. The number of amides is 2. The quantitative estimate of drug-likeness (QED) is 0.732. The van der Waals surface area contributed by atoms with Gasteiger partial charge < -0.3 is 15.3 Å². The number of benzene rings is 1. The van der Waals surface area contributed by atoms with E-state index in [-0.39, 0.29) is 24.7 Å². The van der Waals surface area contributed by atoms with E-state index in [2.05, 4.69) is 5.32 Å². The summed E-state index contributed by atoms with van der Waals surface area (Å²) in [5.41, 5.74) is 1.02. The van der Waals surface area contributed by atoms with E-state index >= 15 is 0 Å². The van der Waals surface area contributed by atoms with E-state index in [1.54, 1.807) is 29.2 Å². The summed E-state index contributed by atoms with van der Waals surface area (Å²) in [4.78, 5) is 36.4. The van der Waals surface area contributed by atoms with Crippen molar-refractivity contribution in [2.45, 2.75) is 39.5 Å². The van der Waals surface area contributed by atoms with Crippen molar-refractivity contribution in [2.24, 2.45) is 0 Å². The van der Waals surface area contributed by atoms with Crippen LogP contribution in [0.3, 0.4) is 0 Å². The van der Waals surface area contributed by atoms with Crippen molar-refractivity contribution in [2.75, 3.05) is 18.4 Å². The van der Waals surface area contributed by atoms with Gasteiger partial charge in [0.15, 0.2) is 0 Å². The van der Waals surface area contributed by atoms with Crippen LogP contribution in [-0.2, 0) is 9.59 Å². The molecule has 0 spiro atoms. The largest absolute Gasteiger partial charge is 0.481 e. The molecule has 0 atom stereocenters. The standard InChI is InChI=1S/C17H24N2O4/c1-3-10-19(11-4-2)17(23)13-6-5-7-14(12-13)18-15(20)8-9-16(21)22/h5-7,12H,3-4,8-11H2,1-2H3,(H,18,20)(H,21,22). The van der Waals surface area contributed by atoms with Gasteiger partial charge >= 0.3 is 5.97 Å². The SMILES string of the molecule is CCCN(CCC)C(=O)c1cccc(NC(=O)CCC(=O)O)c1. The van der Waals surface area contributed by atoms with Crippen LogP contribution in [0.1, 0.15) is 49.9 Å². The maximum atomic E-state index is 12.5. The Morgan fingerprint density at radius 2 is 1.74 bits per heavy atom. The van der Waals surface area contributed by atoms with E-state index in [1.165, 1.54) is 0 Å². The lowest BCUT2D eigenvalue weighted by Gasteiger charge is -2.21. The molecule has 2 amide bonds. The third kappa shape index (κ3) is 6.50. The molecule has 126 valence electrons. The Balaban J connectivity index is 2.76. The number of aliphatic carboxylic acids is 1. The minimum Gasteiger partial charge on any atom is -0.481 e. The van der Waals surface area contributed by atoms with Crippen molar-refractivity contribution >= 4 is 23.5 Å². The highest BCUT2D eigenvalue weighted by atomic mass is 16.4. The number of hydrogen-bond donors (Lipinski definition) is 2. The second kappa shape index (κ2) is 9.61. The fourth-order valence-electron chi connectivity index (χ4n) is 2.21. The van der Waals surface area contributed by atoms with Gasteiger partial charge in [-0.2, -0.15) is 0 Å². The predicted octanol–water partition coefficient (Wildman–Crippen LogP) is 2.75. The van der Waals surface area contributed by atoms with Crippen LogP contribution < -0.4 is 5.32 Å². The fourth-order valence-corrected chi connectivity index (χ4v) is 2.21. The van der Waals surface area contributed by atoms with Crippen LogP contribution in [-0.4, -0.2) is 40.9 Å². The maximum Gasteiger partial charge on any atom is 0.303 e. The van der Waals surface area contributed by atoms with Crippen molar-refractivity contribution in [3.63, 3.8) is 0 Å². The summed E-state index contributed by atoms with van der Waals surface area (Å²) in [6.07, 6.45) is 1.46. The van der Waals surface area contributed by atoms with Crippen LogP contribution in [0.4, 0.5) is 5.69 Å². The third-order valence-electron chi connectivity index (χ3n) is 3.23. The minimum absolute atomic E-state index is 0.0599. The summed E-state index contributed by atoms with van der Waals surface area (Å²) < 4.78 is 0. The number of nitrogens with zero attached hydrogens (tertiary/aromatic N) is 1. The summed E-state index contributed by atoms with van der Waals surface area (Å²) in [6.45, 7) is 5.44. The second-order valence-electron chi connectivity index (χ2n) is 5.31. The van der Waals surface area contributed by atoms with Gasteiger partial charge in [0.25, 0.3) is 5.91 Å². The zero-order valence-corrected chi connectivity index (χ0v) is 13.7. The van der Waals surface area contributed by atoms with Gasteiger partial charge in [0, 0.05) is 30.8 Å². The zero-order valence-electron chi connectivity index (χ0n) is 13.7. The number of carbonyl (C=O) groups excluding carboxylic acids is 2. The number of hydrogen-bond acceptors (Lipinski definition) is 3. The average molecular weight is 320 g/mol. The molecule has 6 heteroatoms. The van der Waals surface area contributed by atoms with Crippen molar-refractivity contribution in [3.05, 3.63) is 29.8 Å². The first kappa shape index (κ1) is 18.7. The molecule has 0 aliphatic carbocycles. The Labute approximate surface area is 136 Å². The third-order valence-corrected chi connectivity index (χ3v) is 3.23. The molecule has 0 saturated carbocycles. The molecule has 0 aromatic heterocycles. The molecule has 0 aliphatic rings. The number of nitrogens with one attached hydrogen (secondary N) is 1. The van der Waals surface area contributed by atoms with E-state index in [9.17, 15) is 14.4 Å². The van der Waals surface area contributed by atoms with Crippen LogP contribution in [0.5, 0.6) is 0 Å². The van der Waals surface area contributed by atoms with Crippen molar-refractivity contribution in [1.29, 1.82) is 0 Å². The van der Waals surface area contributed by atoms with E-state index in [0.717, 1.165) is 12.8 Å². The molecule has 23 heavy (non-hydrogen) atoms. The number of rotatable bonds is 9. The lowest BCUT2D eigenvalue weighted by Crippen LogP contribution is -2.32. The van der Waals surface area contributed by atoms with Crippen LogP contribution in [0.15, 0.2) is 24.3 Å². The molecule has 0 unspecified atom stereocenters. The van der Waals surface area contributed by atoms with E-state index in [0.29, 0.717) is 24.3 Å². The Kier molecular flexibility index (Phi) is 7.80. The van der Waals surface area contributed by atoms with E-state index in [4.69, 9.17) is 5.11 Å². The summed E-state index contributed by atoms with van der Waals surface area (Å²) in [6, 6.07) is 6.72. The van der Waals surface area contributed by atoms with Gasteiger partial charge in [-0.25, -0.2) is 0 Å². The number of carbonyl (C=O) groups is 3. The van der Waals surface area contributed by atoms with Gasteiger partial charge in [-0.05, 0) is 31.0 Å². The van der Waals surface area contributed by atoms with Gasteiger partial charge in [-0.1, -0.05) is 19.9 Å². The Bertz CT molecular complexity index is 551. The van der Waals surface area contributed by atoms with E-state index in [1.807, 2.05) is 13.8 Å². The first-order valence-corrected chi connectivity index (χ1v) is 7.88. The summed E-state index contributed by atoms with van der Waals surface area (Å²) in [5.74, 6) is -1.45. The molecular weight excluding hydrogens is 296 g/mol. The number of carboxylic acids is 1. The number of carboxylic acid groups (broad SMARTS) is 1. The molecule has 1 rings (SSSR count). The summed E-state index contributed by atoms with van der Waals surface area (Å²) in [7, 11) is 0. The van der Waals surface area contributed by atoms with Gasteiger partial charge in [-0.3, -0.25) is 14.4 Å². The second-order valence-corrected chi connectivity index (χ2v) is 5.31. The molecule has 1 aromatic rings. The van der Waals surface area contributed by atoms with Gasteiger partial charge in [0.1, 0.15) is 0 Å².